The lowest BCUT2D eigenvalue weighted by Gasteiger charge is -2.29. The van der Waals surface area contributed by atoms with Gasteiger partial charge in [0.1, 0.15) is 5.69 Å². The van der Waals surface area contributed by atoms with Crippen molar-refractivity contribution in [1.82, 2.24) is 9.88 Å². The molecule has 1 amide bonds. The van der Waals surface area contributed by atoms with Crippen LogP contribution >= 0.6 is 11.6 Å². The number of amides is 1. The number of rotatable bonds is 6. The third kappa shape index (κ3) is 3.04. The van der Waals surface area contributed by atoms with E-state index in [9.17, 15) is 15.0 Å². The van der Waals surface area contributed by atoms with E-state index in [2.05, 4.69) is 5.32 Å². The van der Waals surface area contributed by atoms with Crippen LogP contribution in [0.4, 0.5) is 0 Å². The van der Waals surface area contributed by atoms with Gasteiger partial charge in [0.15, 0.2) is 0 Å². The van der Waals surface area contributed by atoms with E-state index in [1.54, 1.807) is 23.8 Å². The normalized spacial score (nSPS) is 11.6. The number of hydrogen-bond donors (Lipinski definition) is 3. The number of nitrogens with one attached hydrogen (secondary N) is 1. The molecule has 1 rings (SSSR count). The van der Waals surface area contributed by atoms with Crippen LogP contribution in [0.25, 0.3) is 0 Å². The quantitative estimate of drug-likeness (QED) is 0.725. The summed E-state index contributed by atoms with van der Waals surface area (Å²) in [4.78, 5) is 12.1. The Bertz CT molecular complexity index is 405. The van der Waals surface area contributed by atoms with Gasteiger partial charge in [0.05, 0.1) is 23.8 Å². The van der Waals surface area contributed by atoms with E-state index in [0.29, 0.717) is 23.7 Å². The van der Waals surface area contributed by atoms with Crippen molar-refractivity contribution >= 4 is 17.5 Å². The van der Waals surface area contributed by atoms with Crippen molar-refractivity contribution in [2.75, 3.05) is 13.2 Å². The first-order valence-corrected chi connectivity index (χ1v) is 6.29. The maximum Gasteiger partial charge on any atom is 0.268 e. The van der Waals surface area contributed by atoms with Crippen LogP contribution < -0.4 is 5.32 Å². The van der Waals surface area contributed by atoms with Gasteiger partial charge < -0.3 is 20.1 Å². The van der Waals surface area contributed by atoms with E-state index < -0.39 is 5.54 Å². The fraction of sp³-hybridized carbons (Fsp3) is 0.583. The fourth-order valence-electron chi connectivity index (χ4n) is 1.67. The molecule has 1 aromatic rings. The van der Waals surface area contributed by atoms with Crippen LogP contribution in [0.3, 0.4) is 0 Å². The monoisotopic (exact) mass is 274 g/mol. The highest BCUT2D eigenvalue weighted by atomic mass is 35.5. The summed E-state index contributed by atoms with van der Waals surface area (Å²) in [6.45, 7) is 3.68. The van der Waals surface area contributed by atoms with Crippen molar-refractivity contribution < 1.29 is 15.0 Å². The molecular weight excluding hydrogens is 256 g/mol. The molecule has 1 heterocycles. The van der Waals surface area contributed by atoms with Crippen molar-refractivity contribution in [3.63, 3.8) is 0 Å². The van der Waals surface area contributed by atoms with E-state index in [1.807, 2.05) is 6.92 Å². The molecule has 0 aromatic carbocycles. The Morgan fingerprint density at radius 2 is 2.06 bits per heavy atom. The molecule has 0 spiro atoms. The smallest absolute Gasteiger partial charge is 0.268 e. The molecule has 0 bridgehead atoms. The third-order valence-electron chi connectivity index (χ3n) is 3.10. The summed E-state index contributed by atoms with van der Waals surface area (Å²) in [5.74, 6) is -0.353. The Morgan fingerprint density at radius 1 is 1.44 bits per heavy atom. The van der Waals surface area contributed by atoms with E-state index in [1.165, 1.54) is 0 Å². The number of carbonyl (C=O) groups is 1. The molecule has 0 saturated carbocycles. The summed E-state index contributed by atoms with van der Waals surface area (Å²) < 4.78 is 1.72. The van der Waals surface area contributed by atoms with E-state index in [-0.39, 0.29) is 19.1 Å². The first-order chi connectivity index (χ1) is 8.51. The summed E-state index contributed by atoms with van der Waals surface area (Å²) in [7, 11) is 0. The Hall–Kier alpha value is -1.04. The number of aryl methyl sites for hydroxylation is 1. The van der Waals surface area contributed by atoms with Crippen LogP contribution in [0.2, 0.25) is 5.02 Å². The second-order valence-electron chi connectivity index (χ2n) is 4.23. The minimum absolute atomic E-state index is 0.313. The van der Waals surface area contributed by atoms with Crippen molar-refractivity contribution in [2.24, 2.45) is 0 Å². The number of carbonyl (C=O) groups excluding carboxylic acids is 1. The highest BCUT2D eigenvalue weighted by Gasteiger charge is 2.29. The highest BCUT2D eigenvalue weighted by molar-refractivity contribution is 6.31. The summed E-state index contributed by atoms with van der Waals surface area (Å²) >= 11 is 5.86. The van der Waals surface area contributed by atoms with Gasteiger partial charge in [0.25, 0.3) is 5.91 Å². The molecule has 0 unspecified atom stereocenters. The minimum atomic E-state index is -0.994. The van der Waals surface area contributed by atoms with Gasteiger partial charge in [-0.15, -0.1) is 0 Å². The van der Waals surface area contributed by atoms with E-state index in [0.717, 1.165) is 0 Å². The predicted octanol–water partition coefficient (Wildman–Crippen LogP) is 1.02. The second-order valence-corrected chi connectivity index (χ2v) is 4.67. The van der Waals surface area contributed by atoms with Crippen LogP contribution in [0.15, 0.2) is 12.3 Å². The lowest BCUT2D eigenvalue weighted by atomic mass is 9.98. The summed E-state index contributed by atoms with van der Waals surface area (Å²) in [6.07, 6.45) is 2.11. The number of aliphatic hydroxyl groups is 2. The van der Waals surface area contributed by atoms with Crippen LogP contribution in [-0.4, -0.2) is 39.4 Å². The van der Waals surface area contributed by atoms with Gasteiger partial charge in [-0.25, -0.2) is 0 Å². The molecule has 18 heavy (non-hydrogen) atoms. The average molecular weight is 275 g/mol. The van der Waals surface area contributed by atoms with Crippen LogP contribution in [0, 0.1) is 0 Å². The highest BCUT2D eigenvalue weighted by Crippen LogP contribution is 2.16. The molecule has 102 valence electrons. The van der Waals surface area contributed by atoms with Crippen molar-refractivity contribution in [3.8, 4) is 0 Å². The maximum atomic E-state index is 12.1. The molecule has 0 fully saturated rings. The minimum Gasteiger partial charge on any atom is -0.394 e. The standard InChI is InChI=1S/C12H19ClN2O3/c1-3-12(7-16,8-17)14-11(18)10-5-9(13)6-15(10)4-2/h5-6,16-17H,3-4,7-8H2,1-2H3,(H,14,18). The summed E-state index contributed by atoms with van der Waals surface area (Å²) in [5.41, 5.74) is -0.575. The Labute approximate surface area is 111 Å². The Kier molecular flexibility index (Phi) is 5.19. The zero-order chi connectivity index (χ0) is 13.8. The fourth-order valence-corrected chi connectivity index (χ4v) is 1.89. The second kappa shape index (κ2) is 6.22. The number of aliphatic hydroxyl groups excluding tert-OH is 2. The lowest BCUT2D eigenvalue weighted by molar-refractivity contribution is 0.0646. The largest absolute Gasteiger partial charge is 0.394 e. The van der Waals surface area contributed by atoms with Gasteiger partial charge in [0.2, 0.25) is 0 Å². The molecule has 0 aliphatic carbocycles. The summed E-state index contributed by atoms with van der Waals surface area (Å²) in [6, 6.07) is 1.57. The zero-order valence-corrected chi connectivity index (χ0v) is 11.4. The van der Waals surface area contributed by atoms with Crippen molar-refractivity contribution in [2.45, 2.75) is 32.4 Å². The van der Waals surface area contributed by atoms with Crippen molar-refractivity contribution in [3.05, 3.63) is 23.0 Å². The number of hydrogen-bond acceptors (Lipinski definition) is 3. The lowest BCUT2D eigenvalue weighted by Crippen LogP contribution is -2.54. The van der Waals surface area contributed by atoms with Crippen LogP contribution in [0.1, 0.15) is 30.8 Å². The number of nitrogens with zero attached hydrogens (tertiary/aromatic N) is 1. The van der Waals surface area contributed by atoms with Crippen LogP contribution in [0.5, 0.6) is 0 Å². The number of aromatic nitrogens is 1. The molecule has 0 atom stereocenters. The summed E-state index contributed by atoms with van der Waals surface area (Å²) in [5, 5.41) is 21.7. The van der Waals surface area contributed by atoms with Crippen LogP contribution in [-0.2, 0) is 6.54 Å². The van der Waals surface area contributed by atoms with Gasteiger partial charge in [-0.05, 0) is 19.4 Å². The molecule has 0 radical (unpaired) electrons. The molecule has 0 saturated heterocycles. The van der Waals surface area contributed by atoms with E-state index >= 15 is 0 Å². The average Bonchev–Trinajstić information content (AvgIpc) is 2.77. The first-order valence-electron chi connectivity index (χ1n) is 5.91. The van der Waals surface area contributed by atoms with Gasteiger partial charge in [-0.3, -0.25) is 4.79 Å². The molecule has 3 N–H and O–H groups in total. The van der Waals surface area contributed by atoms with Gasteiger partial charge in [-0.2, -0.15) is 0 Å². The predicted molar refractivity (Wildman–Crippen MR) is 69.8 cm³/mol. The molecular formula is C12H19ClN2O3. The SMILES string of the molecule is CCn1cc(Cl)cc1C(=O)NC(CC)(CO)CO. The maximum absolute atomic E-state index is 12.1. The van der Waals surface area contributed by atoms with Gasteiger partial charge in [0, 0.05) is 12.7 Å². The first kappa shape index (κ1) is 15.0. The number of halogens is 1. The van der Waals surface area contributed by atoms with Crippen molar-refractivity contribution in [1.29, 1.82) is 0 Å². The Morgan fingerprint density at radius 3 is 2.50 bits per heavy atom. The molecule has 6 heteroatoms. The zero-order valence-electron chi connectivity index (χ0n) is 10.6. The van der Waals surface area contributed by atoms with Gasteiger partial charge in [-0.1, -0.05) is 18.5 Å². The Balaban J connectivity index is 2.93. The molecule has 1 aromatic heterocycles. The molecule has 0 aliphatic rings. The molecule has 0 aliphatic heterocycles. The third-order valence-corrected chi connectivity index (χ3v) is 3.30. The topological polar surface area (TPSA) is 74.5 Å². The van der Waals surface area contributed by atoms with Gasteiger partial charge >= 0.3 is 0 Å². The van der Waals surface area contributed by atoms with E-state index in [4.69, 9.17) is 11.6 Å². The molecule has 5 nitrogen and oxygen atoms in total.